The number of fused-ring (bicyclic) bond motifs is 7. The molecule has 10 rings (SSSR count). The average Bonchev–Trinajstić information content (AvgIpc) is 3.48. The lowest BCUT2D eigenvalue weighted by molar-refractivity contribution is 0.625. The van der Waals surface area contributed by atoms with Crippen molar-refractivity contribution in [3.63, 3.8) is 0 Å². The molecule has 1 atom stereocenters. The highest BCUT2D eigenvalue weighted by Crippen LogP contribution is 2.58. The fourth-order valence-electron chi connectivity index (χ4n) is 8.59. The van der Waals surface area contributed by atoms with E-state index < -0.39 is 0 Å². The van der Waals surface area contributed by atoms with Crippen LogP contribution in [-0.2, 0) is 11.8 Å². The molecule has 0 saturated carbocycles. The molecule has 0 bridgehead atoms. The minimum atomic E-state index is -0.0962. The monoisotopic (exact) mass is 615 g/mol. The highest BCUT2D eigenvalue weighted by Gasteiger charge is 2.47. The van der Waals surface area contributed by atoms with Crippen LogP contribution >= 0.6 is 0 Å². The molecule has 3 aliphatic rings. The van der Waals surface area contributed by atoms with Crippen LogP contribution in [-0.4, -0.2) is 16.0 Å². The molecule has 0 saturated heterocycles. The Morgan fingerprint density at radius 1 is 0.604 bits per heavy atom. The molecule has 1 aliphatic heterocycles. The molecule has 228 valence electrons. The lowest BCUT2D eigenvalue weighted by Crippen LogP contribution is -2.36. The van der Waals surface area contributed by atoms with Crippen LogP contribution in [0.2, 0.25) is 0 Å². The number of benzene rings is 6. The molecule has 0 N–H and O–H groups in total. The highest BCUT2D eigenvalue weighted by atomic mass is 15.3. The van der Waals surface area contributed by atoms with Gasteiger partial charge in [-0.3, -0.25) is 0 Å². The third kappa shape index (κ3) is 3.82. The van der Waals surface area contributed by atoms with E-state index in [0.717, 1.165) is 34.9 Å². The number of rotatable bonds is 3. The molecule has 1 aromatic heterocycles. The van der Waals surface area contributed by atoms with Crippen molar-refractivity contribution in [2.24, 2.45) is 0 Å². The summed E-state index contributed by atoms with van der Waals surface area (Å²) in [7, 11) is 0. The van der Waals surface area contributed by atoms with Crippen LogP contribution < -0.4 is 4.90 Å². The third-order valence-electron chi connectivity index (χ3n) is 10.8. The van der Waals surface area contributed by atoms with E-state index in [-0.39, 0.29) is 11.5 Å². The Hall–Kier alpha value is -5.80. The molecule has 0 spiro atoms. The van der Waals surface area contributed by atoms with Crippen molar-refractivity contribution in [2.45, 2.75) is 31.7 Å². The first-order valence-corrected chi connectivity index (χ1v) is 16.9. The van der Waals surface area contributed by atoms with Gasteiger partial charge in [0.2, 0.25) is 5.95 Å². The van der Waals surface area contributed by atoms with Crippen molar-refractivity contribution in [3.8, 4) is 22.5 Å². The van der Waals surface area contributed by atoms with Gasteiger partial charge in [0.1, 0.15) is 0 Å². The van der Waals surface area contributed by atoms with Crippen molar-refractivity contribution < 1.29 is 0 Å². The first kappa shape index (κ1) is 27.3. The Morgan fingerprint density at radius 2 is 1.25 bits per heavy atom. The molecular weight excluding hydrogens is 583 g/mol. The Balaban J connectivity index is 1.31. The second kappa shape index (κ2) is 10.1. The van der Waals surface area contributed by atoms with Gasteiger partial charge >= 0.3 is 0 Å². The smallest absolute Gasteiger partial charge is 0.231 e. The van der Waals surface area contributed by atoms with E-state index in [1.165, 1.54) is 61.0 Å². The largest absolute Gasteiger partial charge is 0.301 e. The van der Waals surface area contributed by atoms with Gasteiger partial charge in [-0.05, 0) is 56.8 Å². The first-order chi connectivity index (χ1) is 23.6. The maximum atomic E-state index is 5.41. The molecule has 1 unspecified atom stereocenters. The summed E-state index contributed by atoms with van der Waals surface area (Å²) in [5.74, 6) is 0.734. The summed E-state index contributed by atoms with van der Waals surface area (Å²) in [6, 6.07) is 52.6. The predicted molar refractivity (Wildman–Crippen MR) is 197 cm³/mol. The lowest BCUT2D eigenvalue weighted by atomic mass is 9.63. The summed E-state index contributed by atoms with van der Waals surface area (Å²) in [6.07, 6.45) is 0.878. The van der Waals surface area contributed by atoms with Crippen LogP contribution in [0.3, 0.4) is 0 Å². The van der Waals surface area contributed by atoms with Gasteiger partial charge in [-0.15, -0.1) is 0 Å². The summed E-state index contributed by atoms with van der Waals surface area (Å²) >= 11 is 0. The second-order valence-corrected chi connectivity index (χ2v) is 13.7. The Morgan fingerprint density at radius 3 is 2.00 bits per heavy atom. The van der Waals surface area contributed by atoms with E-state index in [1.54, 1.807) is 0 Å². The topological polar surface area (TPSA) is 29.0 Å². The Kier molecular flexibility index (Phi) is 5.75. The third-order valence-corrected chi connectivity index (χ3v) is 10.8. The normalized spacial score (nSPS) is 16.7. The van der Waals surface area contributed by atoms with E-state index in [2.05, 4.69) is 164 Å². The molecule has 0 fully saturated rings. The van der Waals surface area contributed by atoms with E-state index >= 15 is 0 Å². The molecule has 7 aromatic rings. The van der Waals surface area contributed by atoms with Crippen LogP contribution in [0.4, 0.5) is 11.6 Å². The molecule has 2 heterocycles. The van der Waals surface area contributed by atoms with Gasteiger partial charge in [-0.1, -0.05) is 153 Å². The number of aromatic nitrogens is 2. The van der Waals surface area contributed by atoms with Crippen LogP contribution in [0.5, 0.6) is 0 Å². The van der Waals surface area contributed by atoms with Crippen LogP contribution in [0, 0.1) is 0 Å². The maximum Gasteiger partial charge on any atom is 0.231 e. The molecule has 2 aliphatic carbocycles. The fraction of sp³-hybridized carbons (Fsp3) is 0.111. The quantitative estimate of drug-likeness (QED) is 0.198. The van der Waals surface area contributed by atoms with Gasteiger partial charge in [0.05, 0.1) is 23.1 Å². The van der Waals surface area contributed by atoms with E-state index in [0.29, 0.717) is 0 Å². The highest BCUT2D eigenvalue weighted by molar-refractivity contribution is 6.15. The van der Waals surface area contributed by atoms with Gasteiger partial charge in [-0.25, -0.2) is 9.97 Å². The zero-order valence-corrected chi connectivity index (χ0v) is 27.0. The zero-order chi connectivity index (χ0) is 32.0. The second-order valence-electron chi connectivity index (χ2n) is 13.7. The molecular formula is C45H33N3. The van der Waals surface area contributed by atoms with Gasteiger partial charge in [0, 0.05) is 27.5 Å². The van der Waals surface area contributed by atoms with E-state index in [1.807, 2.05) is 0 Å². The summed E-state index contributed by atoms with van der Waals surface area (Å²) in [4.78, 5) is 13.3. The molecule has 48 heavy (non-hydrogen) atoms. The van der Waals surface area contributed by atoms with Crippen molar-refractivity contribution in [3.05, 3.63) is 179 Å². The molecule has 3 nitrogen and oxygen atoms in total. The molecule has 3 heteroatoms. The van der Waals surface area contributed by atoms with Crippen molar-refractivity contribution in [2.75, 3.05) is 4.90 Å². The number of hydrogen-bond donors (Lipinski definition) is 0. The molecule has 0 radical (unpaired) electrons. The number of anilines is 2. The summed E-state index contributed by atoms with van der Waals surface area (Å²) in [6.45, 7) is 4.76. The molecule has 6 aromatic carbocycles. The first-order valence-electron chi connectivity index (χ1n) is 16.9. The van der Waals surface area contributed by atoms with E-state index in [4.69, 9.17) is 9.97 Å². The SMILES string of the molecule is CC1(C)c2ccccc2C2=C3c4ccc5ccccc5c4N(c4nc(-c5ccccc5)cc(-c5ccccc5)n4)C3Cc3cccc1c32. The lowest BCUT2D eigenvalue weighted by Gasteiger charge is -2.42. The van der Waals surface area contributed by atoms with Crippen LogP contribution in [0.25, 0.3) is 44.4 Å². The van der Waals surface area contributed by atoms with Crippen LogP contribution in [0.1, 0.15) is 47.2 Å². The minimum absolute atomic E-state index is 0.0347. The van der Waals surface area contributed by atoms with Crippen LogP contribution in [0.15, 0.2) is 146 Å². The Labute approximate surface area is 280 Å². The summed E-state index contributed by atoms with van der Waals surface area (Å²) < 4.78 is 0. The minimum Gasteiger partial charge on any atom is -0.301 e. The standard InChI is InChI=1S/C45H33N3/c1-45(2)35-22-12-11-21-33(35)42-40-31(19-13-23-36(40)45)26-39-41(42)34-25-24-28-14-9-10-20-32(28)43(34)48(39)44-46-37(29-15-5-3-6-16-29)27-38(47-44)30-17-7-4-8-18-30/h3-25,27,39H,26H2,1-2H3. The van der Waals surface area contributed by atoms with Crippen molar-refractivity contribution in [1.82, 2.24) is 9.97 Å². The van der Waals surface area contributed by atoms with Gasteiger partial charge in [0.15, 0.2) is 0 Å². The van der Waals surface area contributed by atoms with Crippen molar-refractivity contribution >= 4 is 33.6 Å². The van der Waals surface area contributed by atoms with Crippen molar-refractivity contribution in [1.29, 1.82) is 0 Å². The van der Waals surface area contributed by atoms with Gasteiger partial charge in [-0.2, -0.15) is 0 Å². The fourth-order valence-corrected chi connectivity index (χ4v) is 8.59. The Bertz CT molecular complexity index is 2400. The summed E-state index contributed by atoms with van der Waals surface area (Å²) in [5, 5.41) is 2.44. The predicted octanol–water partition coefficient (Wildman–Crippen LogP) is 10.6. The van der Waals surface area contributed by atoms with Gasteiger partial charge in [0.25, 0.3) is 0 Å². The maximum absolute atomic E-state index is 5.41. The zero-order valence-electron chi connectivity index (χ0n) is 27.0. The summed E-state index contributed by atoms with van der Waals surface area (Å²) in [5.41, 5.74) is 16.1. The number of hydrogen-bond acceptors (Lipinski definition) is 3. The molecule has 0 amide bonds. The average molecular weight is 616 g/mol. The number of nitrogens with zero attached hydrogens (tertiary/aromatic N) is 3. The van der Waals surface area contributed by atoms with Gasteiger partial charge < -0.3 is 4.90 Å². The van der Waals surface area contributed by atoms with E-state index in [9.17, 15) is 0 Å².